The van der Waals surface area contributed by atoms with Gasteiger partial charge < -0.3 is 9.72 Å². The first kappa shape index (κ1) is 15.1. The van der Waals surface area contributed by atoms with Gasteiger partial charge in [0.2, 0.25) is 0 Å². The van der Waals surface area contributed by atoms with E-state index >= 15 is 0 Å². The van der Waals surface area contributed by atoms with Crippen LogP contribution in [0.15, 0.2) is 47.4 Å². The molecule has 0 radical (unpaired) electrons. The molecule has 0 unspecified atom stereocenters. The largest absolute Gasteiger partial charge is 0.465 e. The zero-order chi connectivity index (χ0) is 16.4. The third-order valence-corrected chi connectivity index (χ3v) is 3.77. The van der Waals surface area contributed by atoms with E-state index in [0.29, 0.717) is 16.5 Å². The highest BCUT2D eigenvalue weighted by atomic mass is 32.1. The molecule has 2 heterocycles. The summed E-state index contributed by atoms with van der Waals surface area (Å²) in [6.07, 6.45) is 1.66. The molecule has 0 saturated carbocycles. The number of hydrogen-bond donors (Lipinski definition) is 1. The van der Waals surface area contributed by atoms with Crippen molar-refractivity contribution < 1.29 is 9.53 Å². The Morgan fingerprint density at radius 2 is 2.17 bits per heavy atom. The van der Waals surface area contributed by atoms with Crippen molar-refractivity contribution >= 4 is 29.1 Å². The van der Waals surface area contributed by atoms with E-state index in [1.54, 1.807) is 24.4 Å². The number of hydrogen-bond acceptors (Lipinski definition) is 5. The van der Waals surface area contributed by atoms with E-state index in [2.05, 4.69) is 14.7 Å². The maximum absolute atomic E-state index is 12.6. The molecule has 0 aliphatic heterocycles. The number of nitrogens with one attached hydrogen (secondary N) is 1. The van der Waals surface area contributed by atoms with Crippen LogP contribution in [0.5, 0.6) is 0 Å². The second kappa shape index (κ2) is 6.13. The van der Waals surface area contributed by atoms with Gasteiger partial charge in [0.1, 0.15) is 0 Å². The Bertz CT molecular complexity index is 993. The van der Waals surface area contributed by atoms with Gasteiger partial charge in [-0.1, -0.05) is 6.07 Å². The van der Waals surface area contributed by atoms with Crippen molar-refractivity contribution in [1.82, 2.24) is 14.5 Å². The summed E-state index contributed by atoms with van der Waals surface area (Å²) in [4.78, 5) is 31.4. The van der Waals surface area contributed by atoms with Crippen molar-refractivity contribution in [3.05, 3.63) is 69.0 Å². The number of ether oxygens (including phenoxy) is 1. The number of methoxy groups -OCH3 is 1. The zero-order valence-electron chi connectivity index (χ0n) is 12.3. The summed E-state index contributed by atoms with van der Waals surface area (Å²) in [6, 6.07) is 10.2. The van der Waals surface area contributed by atoms with Crippen LogP contribution in [0.25, 0.3) is 10.9 Å². The van der Waals surface area contributed by atoms with Crippen LogP contribution in [0, 0.1) is 4.77 Å². The lowest BCUT2D eigenvalue weighted by Gasteiger charge is -2.08. The number of carbonyl (C=O) groups is 1. The van der Waals surface area contributed by atoms with Crippen molar-refractivity contribution in [2.75, 3.05) is 7.11 Å². The third-order valence-electron chi connectivity index (χ3n) is 3.45. The molecule has 0 bridgehead atoms. The first-order valence-corrected chi connectivity index (χ1v) is 7.26. The summed E-state index contributed by atoms with van der Waals surface area (Å²) < 4.78 is 6.39. The van der Waals surface area contributed by atoms with Crippen LogP contribution in [0.1, 0.15) is 16.1 Å². The van der Waals surface area contributed by atoms with E-state index < -0.39 is 5.97 Å². The molecule has 3 aromatic rings. The lowest BCUT2D eigenvalue weighted by molar-refractivity contribution is 0.0601. The SMILES string of the molecule is COC(=O)c1ccc2c(=O)n(Cc3ccccn3)c(=S)[nH]c2c1. The van der Waals surface area contributed by atoms with Crippen molar-refractivity contribution in [3.8, 4) is 0 Å². The number of H-pyrrole nitrogens is 1. The number of rotatable bonds is 3. The van der Waals surface area contributed by atoms with E-state index in [0.717, 1.165) is 5.69 Å². The molecule has 6 nitrogen and oxygen atoms in total. The molecular weight excluding hydrogens is 314 g/mol. The predicted octanol–water partition coefficient (Wildman–Crippen LogP) is 2.29. The van der Waals surface area contributed by atoms with Gasteiger partial charge in [0.05, 0.1) is 35.8 Å². The highest BCUT2D eigenvalue weighted by Crippen LogP contribution is 2.12. The number of aromatic amines is 1. The summed E-state index contributed by atoms with van der Waals surface area (Å²) in [5.74, 6) is -0.469. The van der Waals surface area contributed by atoms with E-state index in [-0.39, 0.29) is 16.9 Å². The average molecular weight is 327 g/mol. The molecule has 0 fully saturated rings. The second-order valence-electron chi connectivity index (χ2n) is 4.89. The minimum absolute atomic E-state index is 0.231. The highest BCUT2D eigenvalue weighted by Gasteiger charge is 2.11. The van der Waals surface area contributed by atoms with E-state index in [1.807, 2.05) is 18.2 Å². The van der Waals surface area contributed by atoms with Gasteiger partial charge in [-0.05, 0) is 42.5 Å². The summed E-state index contributed by atoms with van der Waals surface area (Å²) in [5.41, 5.74) is 1.36. The monoisotopic (exact) mass is 327 g/mol. The normalized spacial score (nSPS) is 10.7. The van der Waals surface area contributed by atoms with Crippen LogP contribution in [0.4, 0.5) is 0 Å². The lowest BCUT2D eigenvalue weighted by Crippen LogP contribution is -2.23. The van der Waals surface area contributed by atoms with Crippen LogP contribution in [0.2, 0.25) is 0 Å². The highest BCUT2D eigenvalue weighted by molar-refractivity contribution is 7.71. The lowest BCUT2D eigenvalue weighted by atomic mass is 10.1. The molecule has 116 valence electrons. The second-order valence-corrected chi connectivity index (χ2v) is 5.28. The van der Waals surface area contributed by atoms with Crippen molar-refractivity contribution in [2.45, 2.75) is 6.54 Å². The molecule has 0 atom stereocenters. The summed E-state index contributed by atoms with van der Waals surface area (Å²) in [6.45, 7) is 0.281. The van der Waals surface area contributed by atoms with Gasteiger partial charge in [-0.15, -0.1) is 0 Å². The molecule has 0 aliphatic carbocycles. The topological polar surface area (TPSA) is 77.0 Å². The Hall–Kier alpha value is -2.80. The molecule has 23 heavy (non-hydrogen) atoms. The summed E-state index contributed by atoms with van der Waals surface area (Å²) in [7, 11) is 1.31. The fourth-order valence-corrected chi connectivity index (χ4v) is 2.55. The Morgan fingerprint density at radius 3 is 2.87 bits per heavy atom. The number of benzene rings is 1. The number of pyridine rings is 1. The Balaban J connectivity index is 2.13. The van der Waals surface area contributed by atoms with Crippen molar-refractivity contribution in [1.29, 1.82) is 0 Å². The Labute approximate surface area is 136 Å². The minimum Gasteiger partial charge on any atom is -0.465 e. The molecule has 0 amide bonds. The fraction of sp³-hybridized carbons (Fsp3) is 0.125. The van der Waals surface area contributed by atoms with Gasteiger partial charge in [0, 0.05) is 6.20 Å². The minimum atomic E-state index is -0.469. The number of fused-ring (bicyclic) bond motifs is 1. The molecular formula is C16H13N3O3S. The smallest absolute Gasteiger partial charge is 0.337 e. The predicted molar refractivity (Wildman–Crippen MR) is 88.1 cm³/mol. The van der Waals surface area contributed by atoms with Crippen LogP contribution < -0.4 is 5.56 Å². The van der Waals surface area contributed by atoms with Crippen LogP contribution in [-0.4, -0.2) is 27.6 Å². The number of nitrogens with zero attached hydrogens (tertiary/aromatic N) is 2. The first-order valence-electron chi connectivity index (χ1n) is 6.85. The molecule has 0 aliphatic rings. The molecule has 2 aromatic heterocycles. The van der Waals surface area contributed by atoms with E-state index in [1.165, 1.54) is 11.7 Å². The number of aromatic nitrogens is 3. The first-order chi connectivity index (χ1) is 11.1. The van der Waals surface area contributed by atoms with Gasteiger partial charge >= 0.3 is 5.97 Å². The van der Waals surface area contributed by atoms with E-state index in [9.17, 15) is 9.59 Å². The maximum atomic E-state index is 12.6. The average Bonchev–Trinajstić information content (AvgIpc) is 2.58. The maximum Gasteiger partial charge on any atom is 0.337 e. The molecule has 7 heteroatoms. The van der Waals surface area contributed by atoms with Gasteiger partial charge in [-0.2, -0.15) is 0 Å². The standard InChI is InChI=1S/C16H13N3O3S/c1-22-15(21)10-5-6-12-13(8-10)18-16(23)19(14(12)20)9-11-4-2-3-7-17-11/h2-8H,9H2,1H3,(H,18,23). The molecule has 3 rings (SSSR count). The van der Waals surface area contributed by atoms with Gasteiger partial charge in [-0.3, -0.25) is 14.3 Å². The van der Waals surface area contributed by atoms with Crippen LogP contribution in [0.3, 0.4) is 0 Å². The quantitative estimate of drug-likeness (QED) is 0.590. The molecule has 1 N–H and O–H groups in total. The molecule has 0 saturated heterocycles. The van der Waals surface area contributed by atoms with Gasteiger partial charge in [-0.25, -0.2) is 4.79 Å². The molecule has 0 spiro atoms. The van der Waals surface area contributed by atoms with Crippen molar-refractivity contribution in [2.24, 2.45) is 0 Å². The van der Waals surface area contributed by atoms with E-state index in [4.69, 9.17) is 12.2 Å². The van der Waals surface area contributed by atoms with Crippen LogP contribution >= 0.6 is 12.2 Å². The zero-order valence-corrected chi connectivity index (χ0v) is 13.1. The van der Waals surface area contributed by atoms with Gasteiger partial charge in [0.25, 0.3) is 5.56 Å². The summed E-state index contributed by atoms with van der Waals surface area (Å²) >= 11 is 5.27. The Kier molecular flexibility index (Phi) is 4.03. The summed E-state index contributed by atoms with van der Waals surface area (Å²) in [5, 5.41) is 0.446. The Morgan fingerprint density at radius 1 is 1.35 bits per heavy atom. The fourth-order valence-electron chi connectivity index (χ4n) is 2.30. The van der Waals surface area contributed by atoms with Crippen molar-refractivity contribution in [3.63, 3.8) is 0 Å². The van der Waals surface area contributed by atoms with Crippen LogP contribution in [-0.2, 0) is 11.3 Å². The van der Waals surface area contributed by atoms with Gasteiger partial charge in [0.15, 0.2) is 4.77 Å². The number of carbonyl (C=O) groups excluding carboxylic acids is 1. The molecule has 1 aromatic carbocycles. The number of esters is 1. The third kappa shape index (κ3) is 2.91.